The Hall–Kier alpha value is -4.02. The van der Waals surface area contributed by atoms with E-state index in [-0.39, 0.29) is 17.6 Å². The molecule has 3 heterocycles. The summed E-state index contributed by atoms with van der Waals surface area (Å²) < 4.78 is 12.6. The van der Waals surface area contributed by atoms with Crippen molar-refractivity contribution in [3.8, 4) is 11.8 Å². The maximum atomic E-state index is 14.0. The molecule has 3 aromatic carbocycles. The Balaban J connectivity index is 1.18. The van der Waals surface area contributed by atoms with Crippen LogP contribution >= 0.6 is 0 Å². The molecule has 3 aliphatic heterocycles. The number of ketones is 1. The van der Waals surface area contributed by atoms with Crippen LogP contribution in [-0.2, 0) is 20.7 Å². The molecule has 0 saturated carbocycles. The van der Waals surface area contributed by atoms with Gasteiger partial charge in [-0.1, -0.05) is 30.3 Å². The summed E-state index contributed by atoms with van der Waals surface area (Å²) in [7, 11) is 0. The molecule has 7 heteroatoms. The average molecular weight is 507 g/mol. The monoisotopic (exact) mass is 506 g/mol. The van der Waals surface area contributed by atoms with Crippen molar-refractivity contribution in [3.63, 3.8) is 0 Å². The summed E-state index contributed by atoms with van der Waals surface area (Å²) in [6.45, 7) is 2.25. The van der Waals surface area contributed by atoms with Gasteiger partial charge >= 0.3 is 0 Å². The molecule has 1 aliphatic carbocycles. The average Bonchev–Trinajstić information content (AvgIpc) is 3.61. The van der Waals surface area contributed by atoms with E-state index in [1.165, 1.54) is 4.90 Å². The normalized spacial score (nSPS) is 29.2. The minimum atomic E-state index is -0.794. The van der Waals surface area contributed by atoms with Crippen molar-refractivity contribution in [2.24, 2.45) is 11.8 Å². The van der Waals surface area contributed by atoms with Gasteiger partial charge in [-0.2, -0.15) is 5.26 Å². The number of benzene rings is 3. The lowest BCUT2D eigenvalue weighted by molar-refractivity contribution is -0.131. The van der Waals surface area contributed by atoms with Gasteiger partial charge in [-0.05, 0) is 61.4 Å². The van der Waals surface area contributed by atoms with Gasteiger partial charge < -0.3 is 9.47 Å². The lowest BCUT2D eigenvalue weighted by atomic mass is 9.67. The largest absolute Gasteiger partial charge is 0.493 e. The summed E-state index contributed by atoms with van der Waals surface area (Å²) in [5.74, 6) is -0.941. The first-order chi connectivity index (χ1) is 18.3. The van der Waals surface area contributed by atoms with Gasteiger partial charge in [-0.25, -0.2) is 4.90 Å². The van der Waals surface area contributed by atoms with E-state index in [2.05, 4.69) is 6.07 Å². The number of fused-ring (bicyclic) bond motifs is 7. The molecule has 4 atom stereocenters. The molecule has 2 bridgehead atoms. The maximum absolute atomic E-state index is 14.0. The number of ether oxygens (including phenoxy) is 2. The maximum Gasteiger partial charge on any atom is 0.240 e. The number of nitriles is 1. The van der Waals surface area contributed by atoms with Crippen LogP contribution in [0.3, 0.4) is 0 Å². The molecule has 3 fully saturated rings. The highest BCUT2D eigenvalue weighted by Crippen LogP contribution is 2.62. The minimum absolute atomic E-state index is 0.168. The van der Waals surface area contributed by atoms with Gasteiger partial charge in [0, 0.05) is 23.8 Å². The van der Waals surface area contributed by atoms with Crippen molar-refractivity contribution < 1.29 is 23.9 Å². The Morgan fingerprint density at radius 2 is 1.84 bits per heavy atom. The third kappa shape index (κ3) is 3.07. The molecule has 0 spiro atoms. The summed E-state index contributed by atoms with van der Waals surface area (Å²) in [6, 6.07) is 18.8. The van der Waals surface area contributed by atoms with Crippen LogP contribution in [0.5, 0.6) is 5.75 Å². The van der Waals surface area contributed by atoms with Crippen molar-refractivity contribution in [2.45, 2.75) is 50.2 Å². The van der Waals surface area contributed by atoms with E-state index < -0.39 is 23.0 Å². The van der Waals surface area contributed by atoms with Crippen molar-refractivity contribution >= 4 is 34.1 Å². The van der Waals surface area contributed by atoms with E-state index in [4.69, 9.17) is 9.47 Å². The topological polar surface area (TPSA) is 96.7 Å². The fraction of sp³-hybridized carbons (Fsp3) is 0.355. The molecule has 7 rings (SSSR count). The van der Waals surface area contributed by atoms with Crippen LogP contribution in [0.15, 0.2) is 54.6 Å². The summed E-state index contributed by atoms with van der Waals surface area (Å²) in [6.07, 6.45) is 3.09. The van der Waals surface area contributed by atoms with Gasteiger partial charge in [-0.15, -0.1) is 0 Å². The number of carbonyl (C=O) groups is 3. The predicted octanol–water partition coefficient (Wildman–Crippen LogP) is 4.74. The van der Waals surface area contributed by atoms with Crippen LogP contribution in [0, 0.1) is 23.2 Å². The smallest absolute Gasteiger partial charge is 0.240 e. The van der Waals surface area contributed by atoms with Crippen molar-refractivity contribution in [1.82, 2.24) is 0 Å². The first-order valence-electron chi connectivity index (χ1n) is 13.1. The molecule has 3 aromatic rings. The van der Waals surface area contributed by atoms with Gasteiger partial charge in [-0.3, -0.25) is 14.4 Å². The molecular weight excluding hydrogens is 480 g/mol. The van der Waals surface area contributed by atoms with Gasteiger partial charge in [0.25, 0.3) is 0 Å². The first-order valence-corrected chi connectivity index (χ1v) is 13.1. The summed E-state index contributed by atoms with van der Waals surface area (Å²) in [5, 5.41) is 11.6. The fourth-order valence-electron chi connectivity index (χ4n) is 7.27. The number of hydrogen-bond donors (Lipinski definition) is 0. The Labute approximate surface area is 219 Å². The molecule has 2 amide bonds. The molecule has 4 aliphatic rings. The second-order valence-electron chi connectivity index (χ2n) is 11.1. The minimum Gasteiger partial charge on any atom is -0.493 e. The quantitative estimate of drug-likeness (QED) is 0.464. The second kappa shape index (κ2) is 7.99. The van der Waals surface area contributed by atoms with Crippen LogP contribution in [0.1, 0.15) is 54.1 Å². The van der Waals surface area contributed by atoms with Gasteiger partial charge in [0.1, 0.15) is 11.8 Å². The van der Waals surface area contributed by atoms with Crippen molar-refractivity contribution in [3.05, 3.63) is 71.3 Å². The number of hydrogen-bond acceptors (Lipinski definition) is 6. The van der Waals surface area contributed by atoms with E-state index in [1.807, 2.05) is 55.5 Å². The number of nitrogens with zero attached hydrogens (tertiary/aromatic N) is 2. The number of rotatable bonds is 5. The number of imide groups is 1. The highest BCUT2D eigenvalue weighted by molar-refractivity contribution is 6.24. The van der Waals surface area contributed by atoms with Gasteiger partial charge in [0.05, 0.1) is 40.9 Å². The number of amides is 2. The number of Topliss-reactive ketones (excluding diaryl/α,β-unsaturated/α-hetero) is 1. The zero-order valence-electron chi connectivity index (χ0n) is 21.0. The number of carbonyl (C=O) groups excluding carboxylic acids is 3. The van der Waals surface area contributed by atoms with E-state index in [0.29, 0.717) is 49.3 Å². The van der Waals surface area contributed by atoms with E-state index in [9.17, 15) is 19.6 Å². The molecule has 0 N–H and O–H groups in total. The van der Waals surface area contributed by atoms with Crippen LogP contribution in [0.25, 0.3) is 10.8 Å². The van der Waals surface area contributed by atoms with Gasteiger partial charge in [0.15, 0.2) is 5.78 Å². The number of anilines is 1. The Morgan fingerprint density at radius 3 is 2.68 bits per heavy atom. The van der Waals surface area contributed by atoms with E-state index in [0.717, 1.165) is 28.3 Å². The highest BCUT2D eigenvalue weighted by Gasteiger charge is 2.74. The number of aryl methyl sites for hydroxylation is 1. The summed E-state index contributed by atoms with van der Waals surface area (Å²) in [4.78, 5) is 41.0. The third-order valence-corrected chi connectivity index (χ3v) is 9.06. The molecule has 0 radical (unpaired) electrons. The molecule has 38 heavy (non-hydrogen) atoms. The first kappa shape index (κ1) is 23.1. The highest BCUT2D eigenvalue weighted by atomic mass is 16.5. The standard InChI is InChI=1S/C31H26N2O5/c1-30-12-13-31(38-30,14-15-37-20-8-9-22-19(16-20)7-11-25(22)34)27-26(30)28(35)33(29(27)36)24-10-6-18-4-2-3-5-21(18)23(24)17-32/h2-6,8-10,16,26-27H,7,11-15H2,1H3. The SMILES string of the molecule is CC12CCC(CCOc3ccc4c(c3)CCC4=O)(O1)C1C(=O)N(c3ccc4ccccc4c3C#N)C(=O)C12. The Morgan fingerprint density at radius 1 is 1.03 bits per heavy atom. The van der Waals surface area contributed by atoms with Crippen LogP contribution in [-0.4, -0.2) is 35.4 Å². The molecule has 4 unspecified atom stereocenters. The lowest BCUT2D eigenvalue weighted by Crippen LogP contribution is -2.43. The molecule has 190 valence electrons. The van der Waals surface area contributed by atoms with E-state index in [1.54, 1.807) is 6.07 Å². The summed E-state index contributed by atoms with van der Waals surface area (Å²) >= 11 is 0. The molecule has 7 nitrogen and oxygen atoms in total. The predicted molar refractivity (Wildman–Crippen MR) is 139 cm³/mol. The third-order valence-electron chi connectivity index (χ3n) is 9.06. The lowest BCUT2D eigenvalue weighted by Gasteiger charge is -2.31. The zero-order valence-corrected chi connectivity index (χ0v) is 21.0. The summed E-state index contributed by atoms with van der Waals surface area (Å²) in [5.41, 5.74) is 0.923. The zero-order chi connectivity index (χ0) is 26.2. The molecular formula is C31H26N2O5. The van der Waals surface area contributed by atoms with E-state index >= 15 is 0 Å². The fourth-order valence-corrected chi connectivity index (χ4v) is 7.27. The van der Waals surface area contributed by atoms with Gasteiger partial charge in [0.2, 0.25) is 11.8 Å². The van der Waals surface area contributed by atoms with Crippen LogP contribution in [0.4, 0.5) is 5.69 Å². The van der Waals surface area contributed by atoms with Crippen LogP contribution < -0.4 is 9.64 Å². The van der Waals surface area contributed by atoms with Crippen molar-refractivity contribution in [2.75, 3.05) is 11.5 Å². The Kier molecular flexibility index (Phi) is 4.86. The van der Waals surface area contributed by atoms with Crippen molar-refractivity contribution in [1.29, 1.82) is 5.26 Å². The Bertz CT molecular complexity index is 1610. The molecule has 0 aromatic heterocycles. The second-order valence-corrected chi connectivity index (χ2v) is 11.1. The van der Waals surface area contributed by atoms with Crippen LogP contribution in [0.2, 0.25) is 0 Å². The molecule has 3 saturated heterocycles.